The third-order valence-corrected chi connectivity index (χ3v) is 3.95. The van der Waals surface area contributed by atoms with Gasteiger partial charge in [0.05, 0.1) is 6.61 Å². The minimum atomic E-state index is -0.510. The molecule has 0 aromatic rings. The SMILES string of the molecule is CC/C=C\C/C=C\C/C=C\C/C=C\C/C=C\C/C=C\CCC(=O)NCCOCC(N)=O. The van der Waals surface area contributed by atoms with E-state index in [1.165, 1.54) is 0 Å². The third kappa shape index (κ3) is 25.3. The average Bonchev–Trinajstić information content (AvgIpc) is 2.75. The van der Waals surface area contributed by atoms with Gasteiger partial charge in [0.1, 0.15) is 6.61 Å². The lowest BCUT2D eigenvalue weighted by atomic mass is 10.2. The fourth-order valence-electron chi connectivity index (χ4n) is 2.38. The van der Waals surface area contributed by atoms with Crippen LogP contribution in [-0.2, 0) is 14.3 Å². The lowest BCUT2D eigenvalue weighted by Gasteiger charge is -2.04. The van der Waals surface area contributed by atoms with Crippen molar-refractivity contribution in [2.75, 3.05) is 19.8 Å². The van der Waals surface area contributed by atoms with Crippen LogP contribution >= 0.6 is 0 Å². The number of ether oxygens (including phenoxy) is 1. The molecular weight excluding hydrogens is 388 g/mol. The Morgan fingerprint density at radius 1 is 0.742 bits per heavy atom. The van der Waals surface area contributed by atoms with Gasteiger partial charge in [0.15, 0.2) is 0 Å². The molecule has 2 amide bonds. The fourth-order valence-corrected chi connectivity index (χ4v) is 2.38. The van der Waals surface area contributed by atoms with Crippen molar-refractivity contribution in [2.24, 2.45) is 5.73 Å². The standard InChI is InChI=1S/C26H40N2O3/c1-2-3-4-5-6-7-8-9-10-11-12-13-14-15-16-17-18-19-20-21-26(30)28-22-23-31-24-25(27)29/h3-4,6-7,9-10,12-13,15-16,18-19H,2,5,8,11,14,17,20-24H2,1H3,(H2,27,29)(H,28,30)/b4-3-,7-6-,10-9-,13-12-,16-15-,19-18-. The molecule has 0 aliphatic carbocycles. The van der Waals surface area contributed by atoms with Gasteiger partial charge in [0, 0.05) is 13.0 Å². The second-order valence-corrected chi connectivity index (χ2v) is 6.82. The van der Waals surface area contributed by atoms with Gasteiger partial charge in [-0.25, -0.2) is 0 Å². The summed E-state index contributed by atoms with van der Waals surface area (Å²) < 4.78 is 4.97. The Morgan fingerprint density at radius 2 is 1.19 bits per heavy atom. The van der Waals surface area contributed by atoms with Gasteiger partial charge >= 0.3 is 0 Å². The summed E-state index contributed by atoms with van der Waals surface area (Å²) in [6.45, 7) is 2.70. The predicted molar refractivity (Wildman–Crippen MR) is 130 cm³/mol. The molecule has 0 aliphatic heterocycles. The smallest absolute Gasteiger partial charge is 0.243 e. The van der Waals surface area contributed by atoms with E-state index in [0.717, 1.165) is 38.5 Å². The van der Waals surface area contributed by atoms with Crippen molar-refractivity contribution in [1.82, 2.24) is 5.32 Å². The highest BCUT2D eigenvalue weighted by molar-refractivity contribution is 5.76. The Hall–Kier alpha value is -2.66. The van der Waals surface area contributed by atoms with Crippen molar-refractivity contribution in [2.45, 2.75) is 58.3 Å². The molecule has 0 saturated heterocycles. The Bertz CT molecular complexity index is 629. The number of primary amides is 1. The van der Waals surface area contributed by atoms with Crippen LogP contribution in [0.15, 0.2) is 72.9 Å². The molecule has 0 rings (SSSR count). The van der Waals surface area contributed by atoms with Gasteiger partial charge in [0.2, 0.25) is 11.8 Å². The Balaban J connectivity index is 3.55. The van der Waals surface area contributed by atoms with Gasteiger partial charge in [0.25, 0.3) is 0 Å². The first-order valence-electron chi connectivity index (χ1n) is 11.2. The Labute approximate surface area is 188 Å². The molecule has 0 saturated carbocycles. The van der Waals surface area contributed by atoms with Crippen LogP contribution in [0.1, 0.15) is 58.3 Å². The third-order valence-electron chi connectivity index (χ3n) is 3.95. The first kappa shape index (κ1) is 28.3. The molecule has 172 valence electrons. The number of rotatable bonds is 19. The highest BCUT2D eigenvalue weighted by Crippen LogP contribution is 1.97. The van der Waals surface area contributed by atoms with Gasteiger partial charge in [-0.15, -0.1) is 0 Å². The topological polar surface area (TPSA) is 81.4 Å². The Kier molecular flexibility index (Phi) is 21.6. The van der Waals surface area contributed by atoms with E-state index in [2.05, 4.69) is 79.1 Å². The Morgan fingerprint density at radius 3 is 1.65 bits per heavy atom. The number of carbonyl (C=O) groups is 2. The van der Waals surface area contributed by atoms with E-state index in [9.17, 15) is 9.59 Å². The van der Waals surface area contributed by atoms with Crippen LogP contribution in [0.25, 0.3) is 0 Å². The van der Waals surface area contributed by atoms with E-state index < -0.39 is 5.91 Å². The quantitative estimate of drug-likeness (QED) is 0.222. The molecule has 0 aliphatic rings. The van der Waals surface area contributed by atoms with E-state index in [-0.39, 0.29) is 19.1 Å². The molecule has 0 bridgehead atoms. The van der Waals surface area contributed by atoms with Crippen LogP contribution in [0.5, 0.6) is 0 Å². The van der Waals surface area contributed by atoms with E-state index in [4.69, 9.17) is 10.5 Å². The zero-order valence-electron chi connectivity index (χ0n) is 19.0. The molecule has 0 aromatic carbocycles. The lowest BCUT2D eigenvalue weighted by Crippen LogP contribution is -2.28. The number of hydrogen-bond acceptors (Lipinski definition) is 3. The first-order chi connectivity index (χ1) is 15.2. The van der Waals surface area contributed by atoms with Crippen molar-refractivity contribution in [3.05, 3.63) is 72.9 Å². The molecule has 5 heteroatoms. The van der Waals surface area contributed by atoms with Gasteiger partial charge in [-0.3, -0.25) is 9.59 Å². The van der Waals surface area contributed by atoms with Gasteiger partial charge < -0.3 is 15.8 Å². The molecule has 0 atom stereocenters. The summed E-state index contributed by atoms with van der Waals surface area (Å²) in [6.07, 6.45) is 32.9. The van der Waals surface area contributed by atoms with E-state index in [1.807, 2.05) is 6.08 Å². The van der Waals surface area contributed by atoms with Gasteiger partial charge in [-0.2, -0.15) is 0 Å². The summed E-state index contributed by atoms with van der Waals surface area (Å²) in [7, 11) is 0. The van der Waals surface area contributed by atoms with Crippen molar-refractivity contribution in [3.63, 3.8) is 0 Å². The largest absolute Gasteiger partial charge is 0.370 e. The molecule has 5 nitrogen and oxygen atoms in total. The number of allylic oxidation sites excluding steroid dienone is 12. The molecule has 0 heterocycles. The molecular formula is C26H40N2O3. The van der Waals surface area contributed by atoms with Gasteiger partial charge in [-0.05, 0) is 44.9 Å². The summed E-state index contributed by atoms with van der Waals surface area (Å²) in [6, 6.07) is 0. The van der Waals surface area contributed by atoms with Crippen molar-refractivity contribution >= 4 is 11.8 Å². The van der Waals surface area contributed by atoms with Crippen molar-refractivity contribution in [3.8, 4) is 0 Å². The summed E-state index contributed by atoms with van der Waals surface area (Å²) in [5, 5.41) is 2.73. The van der Waals surface area contributed by atoms with Crippen LogP contribution in [0, 0.1) is 0 Å². The zero-order chi connectivity index (χ0) is 22.8. The first-order valence-corrected chi connectivity index (χ1v) is 11.2. The highest BCUT2D eigenvalue weighted by Gasteiger charge is 1.99. The summed E-state index contributed by atoms with van der Waals surface area (Å²) in [5.41, 5.74) is 4.95. The predicted octanol–water partition coefficient (Wildman–Crippen LogP) is 5.08. The van der Waals surface area contributed by atoms with Crippen LogP contribution in [-0.4, -0.2) is 31.6 Å². The van der Waals surface area contributed by atoms with Crippen LogP contribution in [0.2, 0.25) is 0 Å². The fraction of sp³-hybridized carbons (Fsp3) is 0.462. The lowest BCUT2D eigenvalue weighted by molar-refractivity contribution is -0.122. The van der Waals surface area contributed by atoms with Crippen molar-refractivity contribution < 1.29 is 14.3 Å². The second-order valence-electron chi connectivity index (χ2n) is 6.82. The number of nitrogens with two attached hydrogens (primary N) is 1. The summed E-state index contributed by atoms with van der Waals surface area (Å²) in [4.78, 5) is 22.1. The minimum Gasteiger partial charge on any atom is -0.370 e. The zero-order valence-corrected chi connectivity index (χ0v) is 19.0. The molecule has 3 N–H and O–H groups in total. The van der Waals surface area contributed by atoms with Crippen molar-refractivity contribution in [1.29, 1.82) is 0 Å². The molecule has 0 unspecified atom stereocenters. The number of hydrogen-bond donors (Lipinski definition) is 2. The van der Waals surface area contributed by atoms with E-state index in [1.54, 1.807) is 0 Å². The second kappa shape index (κ2) is 23.6. The van der Waals surface area contributed by atoms with E-state index >= 15 is 0 Å². The number of amides is 2. The van der Waals surface area contributed by atoms with Crippen LogP contribution in [0.3, 0.4) is 0 Å². The van der Waals surface area contributed by atoms with Crippen LogP contribution in [0.4, 0.5) is 0 Å². The maximum atomic E-state index is 11.6. The maximum absolute atomic E-state index is 11.6. The molecule has 0 aromatic heterocycles. The average molecular weight is 429 g/mol. The normalized spacial score (nSPS) is 12.5. The van der Waals surface area contributed by atoms with Gasteiger partial charge in [-0.1, -0.05) is 79.8 Å². The molecule has 0 radical (unpaired) electrons. The molecule has 0 fully saturated rings. The minimum absolute atomic E-state index is 0.0257. The van der Waals surface area contributed by atoms with E-state index in [0.29, 0.717) is 19.4 Å². The number of nitrogens with one attached hydrogen (secondary N) is 1. The highest BCUT2D eigenvalue weighted by atomic mass is 16.5. The number of carbonyl (C=O) groups excluding carboxylic acids is 2. The molecule has 0 spiro atoms. The maximum Gasteiger partial charge on any atom is 0.243 e. The summed E-state index contributed by atoms with van der Waals surface area (Å²) >= 11 is 0. The van der Waals surface area contributed by atoms with Crippen LogP contribution < -0.4 is 11.1 Å². The molecule has 31 heavy (non-hydrogen) atoms. The monoisotopic (exact) mass is 428 g/mol. The summed E-state index contributed by atoms with van der Waals surface area (Å²) in [5.74, 6) is -0.536.